The van der Waals surface area contributed by atoms with Crippen LogP contribution in [0.2, 0.25) is 0 Å². The van der Waals surface area contributed by atoms with Crippen LogP contribution in [0.15, 0.2) is 0 Å². The van der Waals surface area contributed by atoms with Crippen molar-refractivity contribution in [1.82, 2.24) is 10.2 Å². The van der Waals surface area contributed by atoms with Crippen molar-refractivity contribution in [3.8, 4) is 0 Å². The summed E-state index contributed by atoms with van der Waals surface area (Å²) < 4.78 is 0. The molecule has 16 heavy (non-hydrogen) atoms. The third kappa shape index (κ3) is 3.19. The van der Waals surface area contributed by atoms with Crippen molar-refractivity contribution < 1.29 is 9.90 Å². The molecule has 1 rings (SSSR count). The molecule has 2 N–H and O–H groups in total. The molecule has 0 bridgehead atoms. The maximum absolute atomic E-state index is 12.3. The number of carbonyl (C=O) groups is 1. The first-order valence-corrected chi connectivity index (χ1v) is 6.29. The highest BCUT2D eigenvalue weighted by atomic mass is 16.3. The van der Waals surface area contributed by atoms with E-state index in [1.54, 1.807) is 4.90 Å². The number of hydrogen-bond donors (Lipinski definition) is 2. The number of aliphatic hydroxyl groups is 1. The molecular formula is C12H24N2O2. The predicted octanol–water partition coefficient (Wildman–Crippen LogP) is 0.750. The number of carbonyl (C=O) groups excluding carboxylic acids is 1. The van der Waals surface area contributed by atoms with Gasteiger partial charge in [0.1, 0.15) is 0 Å². The van der Waals surface area contributed by atoms with Crippen LogP contribution in [0.5, 0.6) is 0 Å². The van der Waals surface area contributed by atoms with E-state index in [1.807, 2.05) is 6.92 Å². The number of nitrogens with one attached hydrogen (secondary N) is 1. The molecule has 1 saturated heterocycles. The SMILES string of the molecule is CCCCN(CCO)C(=O)C1(C)CCCN1. The van der Waals surface area contributed by atoms with Crippen LogP contribution >= 0.6 is 0 Å². The average Bonchev–Trinajstić information content (AvgIpc) is 2.72. The van der Waals surface area contributed by atoms with E-state index in [-0.39, 0.29) is 12.5 Å². The molecule has 0 aromatic heterocycles. The van der Waals surface area contributed by atoms with Crippen molar-refractivity contribution in [2.24, 2.45) is 0 Å². The lowest BCUT2D eigenvalue weighted by molar-refractivity contribution is -0.137. The van der Waals surface area contributed by atoms with Gasteiger partial charge in [-0.15, -0.1) is 0 Å². The minimum atomic E-state index is -0.400. The van der Waals surface area contributed by atoms with Crippen LogP contribution in [0.4, 0.5) is 0 Å². The molecule has 0 spiro atoms. The molecule has 1 aliphatic heterocycles. The van der Waals surface area contributed by atoms with E-state index in [1.165, 1.54) is 0 Å². The summed E-state index contributed by atoms with van der Waals surface area (Å²) in [4.78, 5) is 14.1. The van der Waals surface area contributed by atoms with Gasteiger partial charge in [-0.05, 0) is 32.7 Å². The van der Waals surface area contributed by atoms with Gasteiger partial charge in [0.15, 0.2) is 0 Å². The lowest BCUT2D eigenvalue weighted by atomic mass is 9.98. The first-order chi connectivity index (χ1) is 7.64. The van der Waals surface area contributed by atoms with E-state index in [2.05, 4.69) is 12.2 Å². The zero-order chi connectivity index (χ0) is 12.0. The number of aliphatic hydroxyl groups excluding tert-OH is 1. The Morgan fingerprint density at radius 2 is 2.25 bits per heavy atom. The first kappa shape index (κ1) is 13.5. The lowest BCUT2D eigenvalue weighted by Gasteiger charge is -2.31. The monoisotopic (exact) mass is 228 g/mol. The van der Waals surface area contributed by atoms with Gasteiger partial charge >= 0.3 is 0 Å². The Bertz CT molecular complexity index is 225. The largest absolute Gasteiger partial charge is 0.395 e. The van der Waals surface area contributed by atoms with E-state index in [0.29, 0.717) is 6.54 Å². The molecule has 1 amide bonds. The summed E-state index contributed by atoms with van der Waals surface area (Å²) in [7, 11) is 0. The number of nitrogens with zero attached hydrogens (tertiary/aromatic N) is 1. The third-order valence-corrected chi connectivity index (χ3v) is 3.28. The fourth-order valence-electron chi connectivity index (χ4n) is 2.21. The molecule has 0 aliphatic carbocycles. The van der Waals surface area contributed by atoms with Gasteiger partial charge in [0.05, 0.1) is 12.1 Å². The minimum absolute atomic E-state index is 0.0472. The van der Waals surface area contributed by atoms with Crippen molar-refractivity contribution in [3.63, 3.8) is 0 Å². The maximum atomic E-state index is 12.3. The summed E-state index contributed by atoms with van der Waals surface area (Å²) in [6.45, 7) is 6.26. The number of rotatable bonds is 6. The standard InChI is InChI=1S/C12H24N2O2/c1-3-4-8-14(9-10-15)11(16)12(2)6-5-7-13-12/h13,15H,3-10H2,1-2H3. The normalized spacial score (nSPS) is 24.7. The van der Waals surface area contributed by atoms with Gasteiger partial charge in [-0.1, -0.05) is 13.3 Å². The molecule has 0 aromatic rings. The van der Waals surface area contributed by atoms with Gasteiger partial charge in [-0.25, -0.2) is 0 Å². The topological polar surface area (TPSA) is 52.6 Å². The summed E-state index contributed by atoms with van der Waals surface area (Å²) in [5.74, 6) is 0.146. The molecule has 4 nitrogen and oxygen atoms in total. The molecule has 1 unspecified atom stereocenters. The Morgan fingerprint density at radius 3 is 2.75 bits per heavy atom. The molecule has 1 fully saturated rings. The van der Waals surface area contributed by atoms with Crippen LogP contribution in [0.25, 0.3) is 0 Å². The Morgan fingerprint density at radius 1 is 1.50 bits per heavy atom. The minimum Gasteiger partial charge on any atom is -0.395 e. The Labute approximate surface area is 98.0 Å². The second-order valence-corrected chi connectivity index (χ2v) is 4.73. The van der Waals surface area contributed by atoms with Crippen molar-refractivity contribution in [2.45, 2.75) is 45.1 Å². The molecule has 1 atom stereocenters. The zero-order valence-electron chi connectivity index (χ0n) is 10.5. The number of unbranched alkanes of at least 4 members (excludes halogenated alkanes) is 1. The highest BCUT2D eigenvalue weighted by Crippen LogP contribution is 2.21. The summed E-state index contributed by atoms with van der Waals surface area (Å²) in [6, 6.07) is 0. The Kier molecular flexibility index (Phi) is 5.22. The lowest BCUT2D eigenvalue weighted by Crippen LogP contribution is -2.53. The van der Waals surface area contributed by atoms with Gasteiger partial charge in [0, 0.05) is 13.1 Å². The van der Waals surface area contributed by atoms with Crippen molar-refractivity contribution >= 4 is 5.91 Å². The van der Waals surface area contributed by atoms with Gasteiger partial charge in [-0.3, -0.25) is 4.79 Å². The van der Waals surface area contributed by atoms with Crippen LogP contribution in [-0.2, 0) is 4.79 Å². The van der Waals surface area contributed by atoms with Crippen LogP contribution in [0.1, 0.15) is 39.5 Å². The molecule has 1 aliphatic rings. The second kappa shape index (κ2) is 6.21. The van der Waals surface area contributed by atoms with E-state index in [9.17, 15) is 4.79 Å². The third-order valence-electron chi connectivity index (χ3n) is 3.28. The van der Waals surface area contributed by atoms with Crippen LogP contribution in [0, 0.1) is 0 Å². The first-order valence-electron chi connectivity index (χ1n) is 6.29. The fourth-order valence-corrected chi connectivity index (χ4v) is 2.21. The van der Waals surface area contributed by atoms with Crippen molar-refractivity contribution in [3.05, 3.63) is 0 Å². The molecule has 0 aromatic carbocycles. The molecule has 0 saturated carbocycles. The highest BCUT2D eigenvalue weighted by molar-refractivity contribution is 5.86. The number of hydrogen-bond acceptors (Lipinski definition) is 3. The summed E-state index contributed by atoms with van der Waals surface area (Å²) in [5, 5.41) is 12.3. The zero-order valence-corrected chi connectivity index (χ0v) is 10.5. The van der Waals surface area contributed by atoms with Gasteiger partial charge in [-0.2, -0.15) is 0 Å². The van der Waals surface area contributed by atoms with Crippen molar-refractivity contribution in [1.29, 1.82) is 0 Å². The number of amides is 1. The molecule has 0 radical (unpaired) electrons. The second-order valence-electron chi connectivity index (χ2n) is 4.73. The van der Waals surface area contributed by atoms with Crippen LogP contribution in [0.3, 0.4) is 0 Å². The molecule has 94 valence electrons. The van der Waals surface area contributed by atoms with Crippen molar-refractivity contribution in [2.75, 3.05) is 26.2 Å². The highest BCUT2D eigenvalue weighted by Gasteiger charge is 2.38. The quantitative estimate of drug-likeness (QED) is 0.705. The van der Waals surface area contributed by atoms with Gasteiger partial charge < -0.3 is 15.3 Å². The predicted molar refractivity (Wildman–Crippen MR) is 64.2 cm³/mol. The molecule has 4 heteroatoms. The van der Waals surface area contributed by atoms with E-state index in [0.717, 1.165) is 38.8 Å². The summed E-state index contributed by atoms with van der Waals surface area (Å²) in [5.41, 5.74) is -0.400. The summed E-state index contributed by atoms with van der Waals surface area (Å²) in [6.07, 6.45) is 4.03. The Hall–Kier alpha value is -0.610. The van der Waals surface area contributed by atoms with Crippen LogP contribution < -0.4 is 5.32 Å². The summed E-state index contributed by atoms with van der Waals surface area (Å²) >= 11 is 0. The smallest absolute Gasteiger partial charge is 0.242 e. The van der Waals surface area contributed by atoms with Gasteiger partial charge in [0.25, 0.3) is 0 Å². The van der Waals surface area contributed by atoms with Crippen LogP contribution in [-0.4, -0.2) is 47.7 Å². The fraction of sp³-hybridized carbons (Fsp3) is 0.917. The molecular weight excluding hydrogens is 204 g/mol. The molecule has 1 heterocycles. The van der Waals surface area contributed by atoms with E-state index in [4.69, 9.17) is 5.11 Å². The van der Waals surface area contributed by atoms with E-state index < -0.39 is 5.54 Å². The van der Waals surface area contributed by atoms with Gasteiger partial charge in [0.2, 0.25) is 5.91 Å². The Balaban J connectivity index is 2.58. The van der Waals surface area contributed by atoms with E-state index >= 15 is 0 Å². The average molecular weight is 228 g/mol. The maximum Gasteiger partial charge on any atom is 0.242 e.